The number of hydrogen-bond donors (Lipinski definition) is 2. The van der Waals surface area contributed by atoms with Crippen LogP contribution in [0.2, 0.25) is 0 Å². The zero-order valence-electron chi connectivity index (χ0n) is 15.1. The summed E-state index contributed by atoms with van der Waals surface area (Å²) in [4.78, 5) is 9.74. The maximum absolute atomic E-state index is 4.90. The van der Waals surface area contributed by atoms with Crippen molar-refractivity contribution in [3.8, 4) is 11.3 Å². The Labute approximate surface area is 154 Å². The molecular weight excluding hydrogens is 320 g/mol. The van der Waals surface area contributed by atoms with E-state index in [2.05, 4.69) is 54.0 Å². The molecule has 2 N–H and O–H groups in total. The van der Waals surface area contributed by atoms with Crippen molar-refractivity contribution in [2.75, 3.05) is 18.4 Å². The van der Waals surface area contributed by atoms with Gasteiger partial charge in [0.05, 0.1) is 5.69 Å². The predicted octanol–water partition coefficient (Wildman–Crippen LogP) is 4.66. The second-order valence-electron chi connectivity index (χ2n) is 6.90. The van der Waals surface area contributed by atoms with Crippen LogP contribution in [0.15, 0.2) is 60.7 Å². The van der Waals surface area contributed by atoms with Crippen LogP contribution < -0.4 is 10.6 Å². The number of aromatic nitrogens is 2. The monoisotopic (exact) mass is 344 g/mol. The van der Waals surface area contributed by atoms with Gasteiger partial charge < -0.3 is 10.6 Å². The minimum absolute atomic E-state index is 0.366. The first kappa shape index (κ1) is 16.7. The largest absolute Gasteiger partial charge is 0.340 e. The highest BCUT2D eigenvalue weighted by Crippen LogP contribution is 2.27. The molecule has 0 bridgehead atoms. The average Bonchev–Trinajstić information content (AvgIpc) is 2.69. The van der Waals surface area contributed by atoms with Crippen molar-refractivity contribution in [1.29, 1.82) is 0 Å². The van der Waals surface area contributed by atoms with E-state index in [4.69, 9.17) is 9.97 Å². The third kappa shape index (κ3) is 3.92. The zero-order chi connectivity index (χ0) is 17.8. The first-order valence-corrected chi connectivity index (χ1v) is 9.27. The molecule has 3 aromatic rings. The number of benzene rings is 2. The molecule has 26 heavy (non-hydrogen) atoms. The van der Waals surface area contributed by atoms with E-state index in [1.165, 1.54) is 12.0 Å². The van der Waals surface area contributed by atoms with Gasteiger partial charge in [0.1, 0.15) is 11.6 Å². The topological polar surface area (TPSA) is 49.8 Å². The van der Waals surface area contributed by atoms with Crippen LogP contribution in [0.1, 0.15) is 30.1 Å². The van der Waals surface area contributed by atoms with Gasteiger partial charge in [0.2, 0.25) is 0 Å². The van der Waals surface area contributed by atoms with Crippen molar-refractivity contribution < 1.29 is 0 Å². The molecule has 0 aliphatic carbocycles. The smallest absolute Gasteiger partial charge is 0.135 e. The third-order valence-electron chi connectivity index (χ3n) is 4.77. The standard InChI is InChI=1S/C22H24N4/c1-16-7-5-11-19(13-16)24-21-14-20(17-8-3-2-4-9-17)25-22(26-21)18-10-6-12-23-15-18/h2-5,7-9,11,13-14,18,23H,6,10,12,15H2,1H3,(H,24,25,26). The van der Waals surface area contributed by atoms with E-state index < -0.39 is 0 Å². The summed E-state index contributed by atoms with van der Waals surface area (Å²) in [5, 5.41) is 6.93. The van der Waals surface area contributed by atoms with E-state index in [1.807, 2.05) is 24.3 Å². The van der Waals surface area contributed by atoms with Crippen LogP contribution in [0.25, 0.3) is 11.3 Å². The molecule has 132 valence electrons. The summed E-state index contributed by atoms with van der Waals surface area (Å²) >= 11 is 0. The summed E-state index contributed by atoms with van der Waals surface area (Å²) in [5.41, 5.74) is 4.36. The Kier molecular flexibility index (Phi) is 4.93. The highest BCUT2D eigenvalue weighted by molar-refractivity contribution is 5.66. The Bertz CT molecular complexity index is 870. The zero-order valence-corrected chi connectivity index (χ0v) is 15.1. The minimum atomic E-state index is 0.366. The fourth-order valence-electron chi connectivity index (χ4n) is 3.41. The fraction of sp³-hybridized carbons (Fsp3) is 0.273. The predicted molar refractivity (Wildman–Crippen MR) is 107 cm³/mol. The number of nitrogens with zero attached hydrogens (tertiary/aromatic N) is 2. The number of piperidine rings is 1. The molecule has 2 aromatic carbocycles. The lowest BCUT2D eigenvalue weighted by molar-refractivity contribution is 0.447. The quantitative estimate of drug-likeness (QED) is 0.722. The normalized spacial score (nSPS) is 17.0. The SMILES string of the molecule is Cc1cccc(Nc2cc(-c3ccccc3)nc(C3CCCNC3)n2)c1. The first-order chi connectivity index (χ1) is 12.8. The molecule has 1 aliphatic rings. The Morgan fingerprint density at radius 1 is 1.00 bits per heavy atom. The number of rotatable bonds is 4. The fourth-order valence-corrected chi connectivity index (χ4v) is 3.41. The number of anilines is 2. The Balaban J connectivity index is 1.72. The van der Waals surface area contributed by atoms with Crippen LogP contribution in [-0.4, -0.2) is 23.1 Å². The molecule has 2 heterocycles. The molecule has 0 saturated carbocycles. The van der Waals surface area contributed by atoms with Crippen LogP contribution in [0.5, 0.6) is 0 Å². The number of hydrogen-bond acceptors (Lipinski definition) is 4. The van der Waals surface area contributed by atoms with Crippen LogP contribution in [0, 0.1) is 6.92 Å². The molecule has 1 saturated heterocycles. The van der Waals surface area contributed by atoms with Gasteiger partial charge in [-0.25, -0.2) is 9.97 Å². The van der Waals surface area contributed by atoms with Crippen molar-refractivity contribution in [2.45, 2.75) is 25.7 Å². The minimum Gasteiger partial charge on any atom is -0.340 e. The lowest BCUT2D eigenvalue weighted by Crippen LogP contribution is -2.29. The Morgan fingerprint density at radius 2 is 1.88 bits per heavy atom. The molecule has 1 aliphatic heterocycles. The number of nitrogens with one attached hydrogen (secondary N) is 2. The first-order valence-electron chi connectivity index (χ1n) is 9.27. The molecule has 1 aromatic heterocycles. The van der Waals surface area contributed by atoms with E-state index in [0.29, 0.717) is 5.92 Å². The van der Waals surface area contributed by atoms with Gasteiger partial charge in [-0.15, -0.1) is 0 Å². The van der Waals surface area contributed by atoms with Gasteiger partial charge in [0.25, 0.3) is 0 Å². The molecule has 0 radical (unpaired) electrons. The van der Waals surface area contributed by atoms with Crippen LogP contribution in [0.4, 0.5) is 11.5 Å². The van der Waals surface area contributed by atoms with Crippen LogP contribution in [-0.2, 0) is 0 Å². The summed E-state index contributed by atoms with van der Waals surface area (Å²) in [6.07, 6.45) is 2.30. The summed E-state index contributed by atoms with van der Waals surface area (Å²) < 4.78 is 0. The summed E-state index contributed by atoms with van der Waals surface area (Å²) in [5.74, 6) is 2.14. The van der Waals surface area contributed by atoms with Crippen molar-refractivity contribution >= 4 is 11.5 Å². The van der Waals surface area contributed by atoms with Crippen molar-refractivity contribution in [3.63, 3.8) is 0 Å². The van der Waals surface area contributed by atoms with Gasteiger partial charge >= 0.3 is 0 Å². The van der Waals surface area contributed by atoms with Gasteiger partial charge in [-0.05, 0) is 44.0 Å². The molecule has 1 fully saturated rings. The molecule has 4 heteroatoms. The molecule has 4 nitrogen and oxygen atoms in total. The van der Waals surface area contributed by atoms with E-state index in [9.17, 15) is 0 Å². The summed E-state index contributed by atoms with van der Waals surface area (Å²) in [6, 6.07) is 20.7. The van der Waals surface area contributed by atoms with Gasteiger partial charge in [-0.1, -0.05) is 42.5 Å². The van der Waals surface area contributed by atoms with Gasteiger partial charge in [0.15, 0.2) is 0 Å². The van der Waals surface area contributed by atoms with Gasteiger partial charge in [-0.3, -0.25) is 0 Å². The summed E-state index contributed by atoms with van der Waals surface area (Å²) in [6.45, 7) is 4.13. The van der Waals surface area contributed by atoms with Crippen LogP contribution >= 0.6 is 0 Å². The number of aryl methyl sites for hydroxylation is 1. The molecule has 0 amide bonds. The second kappa shape index (κ2) is 7.67. The summed E-state index contributed by atoms with van der Waals surface area (Å²) in [7, 11) is 0. The van der Waals surface area contributed by atoms with Gasteiger partial charge in [0, 0.05) is 29.8 Å². The Morgan fingerprint density at radius 3 is 2.65 bits per heavy atom. The average molecular weight is 344 g/mol. The molecule has 4 rings (SSSR count). The highest BCUT2D eigenvalue weighted by atomic mass is 15.0. The van der Waals surface area contributed by atoms with E-state index in [-0.39, 0.29) is 0 Å². The Hall–Kier alpha value is -2.72. The lowest BCUT2D eigenvalue weighted by Gasteiger charge is -2.22. The van der Waals surface area contributed by atoms with E-state index >= 15 is 0 Å². The van der Waals surface area contributed by atoms with Crippen molar-refractivity contribution in [3.05, 3.63) is 72.1 Å². The highest BCUT2D eigenvalue weighted by Gasteiger charge is 2.19. The molecular formula is C22H24N4. The molecule has 0 spiro atoms. The maximum atomic E-state index is 4.90. The second-order valence-corrected chi connectivity index (χ2v) is 6.90. The molecule has 1 unspecified atom stereocenters. The maximum Gasteiger partial charge on any atom is 0.135 e. The van der Waals surface area contributed by atoms with Crippen LogP contribution in [0.3, 0.4) is 0 Å². The third-order valence-corrected chi connectivity index (χ3v) is 4.77. The van der Waals surface area contributed by atoms with Gasteiger partial charge in [-0.2, -0.15) is 0 Å². The van der Waals surface area contributed by atoms with Crippen molar-refractivity contribution in [1.82, 2.24) is 15.3 Å². The van der Waals surface area contributed by atoms with Crippen molar-refractivity contribution in [2.24, 2.45) is 0 Å². The molecule has 1 atom stereocenters. The van der Waals surface area contributed by atoms with E-state index in [1.54, 1.807) is 0 Å². The van der Waals surface area contributed by atoms with E-state index in [0.717, 1.165) is 48.1 Å². The lowest BCUT2D eigenvalue weighted by atomic mass is 9.98.